The second kappa shape index (κ2) is 10.6. The fourth-order valence-electron chi connectivity index (χ4n) is 4.49. The third-order valence-corrected chi connectivity index (χ3v) is 6.87. The Bertz CT molecular complexity index is 1410. The van der Waals surface area contributed by atoms with Crippen molar-refractivity contribution in [3.05, 3.63) is 71.3 Å². The van der Waals surface area contributed by atoms with Crippen LogP contribution in [0.2, 0.25) is 0 Å². The lowest BCUT2D eigenvalue weighted by atomic mass is 10.1. The van der Waals surface area contributed by atoms with Crippen LogP contribution >= 0.6 is 0 Å². The summed E-state index contributed by atoms with van der Waals surface area (Å²) in [7, 11) is 3.99. The first-order valence-electron chi connectivity index (χ1n) is 12.5. The Morgan fingerprint density at radius 1 is 1.05 bits per heavy atom. The molecule has 4 heterocycles. The van der Waals surface area contributed by atoms with Crippen molar-refractivity contribution in [2.75, 3.05) is 43.9 Å². The predicted molar refractivity (Wildman–Crippen MR) is 144 cm³/mol. The molecule has 4 aromatic rings. The maximum absolute atomic E-state index is 13.0. The number of hydrogen-bond donors (Lipinski definition) is 2. The van der Waals surface area contributed by atoms with Crippen LogP contribution in [0.1, 0.15) is 40.1 Å². The van der Waals surface area contributed by atoms with Crippen LogP contribution in [0.15, 0.2) is 48.9 Å². The molecule has 1 aromatic carbocycles. The summed E-state index contributed by atoms with van der Waals surface area (Å²) in [5, 5.41) is 10.6. The largest absolute Gasteiger partial charge is 0.362 e. The van der Waals surface area contributed by atoms with E-state index in [2.05, 4.69) is 47.5 Å². The smallest absolute Gasteiger partial charge is 0.257 e. The molecule has 0 unspecified atom stereocenters. The van der Waals surface area contributed by atoms with E-state index < -0.39 is 0 Å². The van der Waals surface area contributed by atoms with Crippen molar-refractivity contribution in [3.63, 3.8) is 0 Å². The zero-order valence-electron chi connectivity index (χ0n) is 21.8. The molecule has 37 heavy (non-hydrogen) atoms. The van der Waals surface area contributed by atoms with Gasteiger partial charge in [-0.1, -0.05) is 12.1 Å². The van der Waals surface area contributed by atoms with Crippen LogP contribution in [0, 0.1) is 6.92 Å². The number of fused-ring (bicyclic) bond motifs is 1. The lowest BCUT2D eigenvalue weighted by molar-refractivity contribution is 0.102. The van der Waals surface area contributed by atoms with E-state index in [0.717, 1.165) is 66.4 Å². The fraction of sp³-hybridized carbons (Fsp3) is 0.370. The van der Waals surface area contributed by atoms with Gasteiger partial charge in [-0.05, 0) is 50.2 Å². The molecule has 0 aliphatic carbocycles. The van der Waals surface area contributed by atoms with Gasteiger partial charge in [0.05, 0.1) is 29.7 Å². The number of aryl methyl sites for hydroxylation is 2. The van der Waals surface area contributed by atoms with Gasteiger partial charge in [0.15, 0.2) is 5.65 Å². The summed E-state index contributed by atoms with van der Waals surface area (Å²) >= 11 is 0. The number of likely N-dealkylation sites (N-methyl/N-ethyl adjacent to an activating group) is 1. The van der Waals surface area contributed by atoms with Crippen LogP contribution in [-0.4, -0.2) is 73.7 Å². The minimum atomic E-state index is -0.174. The highest BCUT2D eigenvalue weighted by Gasteiger charge is 2.17. The van der Waals surface area contributed by atoms with Crippen LogP contribution < -0.4 is 10.6 Å². The van der Waals surface area contributed by atoms with E-state index in [1.807, 2.05) is 51.2 Å². The number of nitrogens with zero attached hydrogens (tertiary/aromatic N) is 7. The number of rotatable bonds is 7. The predicted octanol–water partition coefficient (Wildman–Crippen LogP) is 3.24. The highest BCUT2D eigenvalue weighted by Crippen LogP contribution is 2.22. The van der Waals surface area contributed by atoms with Crippen molar-refractivity contribution < 1.29 is 4.79 Å². The number of amides is 1. The number of aromatic nitrogens is 5. The SMILES string of the molecule is Cc1cc(C(=O)Nc2cccc([C@H](C)Nc3cnc4cnn(C)c4n3)c2)cnc1CN1CCN(C)CC1. The molecule has 1 amide bonds. The highest BCUT2D eigenvalue weighted by atomic mass is 16.1. The maximum Gasteiger partial charge on any atom is 0.257 e. The molecule has 0 spiro atoms. The van der Waals surface area contributed by atoms with Crippen molar-refractivity contribution in [2.24, 2.45) is 7.05 Å². The molecule has 1 atom stereocenters. The second-order valence-electron chi connectivity index (χ2n) is 9.74. The second-order valence-corrected chi connectivity index (χ2v) is 9.74. The van der Waals surface area contributed by atoms with Crippen LogP contribution in [0.4, 0.5) is 11.5 Å². The zero-order chi connectivity index (χ0) is 25.9. The van der Waals surface area contributed by atoms with Gasteiger partial charge in [-0.2, -0.15) is 5.10 Å². The van der Waals surface area contributed by atoms with Gasteiger partial charge < -0.3 is 15.5 Å². The summed E-state index contributed by atoms with van der Waals surface area (Å²) in [6.07, 6.45) is 5.07. The number of carbonyl (C=O) groups is 1. The minimum absolute atomic E-state index is 0.0467. The summed E-state index contributed by atoms with van der Waals surface area (Å²) in [6, 6.07) is 9.68. The Balaban J connectivity index is 1.23. The summed E-state index contributed by atoms with van der Waals surface area (Å²) in [5.41, 5.74) is 5.82. The van der Waals surface area contributed by atoms with Crippen molar-refractivity contribution in [2.45, 2.75) is 26.4 Å². The maximum atomic E-state index is 13.0. The van der Waals surface area contributed by atoms with E-state index in [-0.39, 0.29) is 11.9 Å². The van der Waals surface area contributed by atoms with Gasteiger partial charge in [0.2, 0.25) is 0 Å². The third-order valence-electron chi connectivity index (χ3n) is 6.87. The normalized spacial score (nSPS) is 15.6. The van der Waals surface area contributed by atoms with Crippen LogP contribution in [0.5, 0.6) is 0 Å². The van der Waals surface area contributed by atoms with Gasteiger partial charge >= 0.3 is 0 Å². The van der Waals surface area contributed by atoms with Crippen LogP contribution in [0.25, 0.3) is 11.2 Å². The van der Waals surface area contributed by atoms with Crippen molar-refractivity contribution >= 4 is 28.6 Å². The topological polar surface area (TPSA) is 104 Å². The van der Waals surface area contributed by atoms with E-state index in [4.69, 9.17) is 0 Å². The molecular formula is C27H33N9O. The molecule has 0 saturated carbocycles. The number of carbonyl (C=O) groups excluding carboxylic acids is 1. The number of benzene rings is 1. The number of nitrogens with one attached hydrogen (secondary N) is 2. The molecule has 3 aromatic heterocycles. The molecule has 192 valence electrons. The summed E-state index contributed by atoms with van der Waals surface area (Å²) in [4.78, 5) is 31.4. The minimum Gasteiger partial charge on any atom is -0.362 e. The van der Waals surface area contributed by atoms with E-state index in [0.29, 0.717) is 11.4 Å². The first kappa shape index (κ1) is 24.8. The molecule has 0 bridgehead atoms. The standard InChI is InChI=1S/C27H33N9O/c1-18-12-21(14-28-24(18)17-36-10-8-34(3)9-11-36)27(37)32-22-7-5-6-20(13-22)19(2)31-25-16-29-23-15-30-35(4)26(23)33-25/h5-7,12-16,19H,8-11,17H2,1-4H3,(H,31,33)(H,32,37)/t19-/m0/s1. The van der Waals surface area contributed by atoms with Gasteiger partial charge in [0, 0.05) is 51.7 Å². The molecule has 1 aliphatic rings. The lowest BCUT2D eigenvalue weighted by Crippen LogP contribution is -2.44. The quantitative estimate of drug-likeness (QED) is 0.399. The fourth-order valence-corrected chi connectivity index (χ4v) is 4.49. The lowest BCUT2D eigenvalue weighted by Gasteiger charge is -2.32. The van der Waals surface area contributed by atoms with Crippen molar-refractivity contribution in [3.8, 4) is 0 Å². The van der Waals surface area contributed by atoms with Crippen molar-refractivity contribution in [1.82, 2.24) is 34.5 Å². The average Bonchev–Trinajstić information content (AvgIpc) is 3.26. The van der Waals surface area contributed by atoms with Gasteiger partial charge in [-0.15, -0.1) is 0 Å². The first-order valence-corrected chi connectivity index (χ1v) is 12.5. The summed E-state index contributed by atoms with van der Waals surface area (Å²) < 4.78 is 1.70. The Morgan fingerprint density at radius 2 is 1.86 bits per heavy atom. The summed E-state index contributed by atoms with van der Waals surface area (Å²) in [5.74, 6) is 0.489. The Kier molecular flexibility index (Phi) is 7.11. The monoisotopic (exact) mass is 499 g/mol. The number of piperazine rings is 1. The van der Waals surface area contributed by atoms with Crippen LogP contribution in [0.3, 0.4) is 0 Å². The number of anilines is 2. The molecule has 10 heteroatoms. The Morgan fingerprint density at radius 3 is 2.65 bits per heavy atom. The van der Waals surface area contributed by atoms with Gasteiger partial charge in [0.1, 0.15) is 11.3 Å². The molecule has 1 fully saturated rings. The van der Waals surface area contributed by atoms with Gasteiger partial charge in [-0.3, -0.25) is 14.7 Å². The van der Waals surface area contributed by atoms with E-state index in [1.165, 1.54) is 0 Å². The van der Waals surface area contributed by atoms with Crippen LogP contribution in [-0.2, 0) is 13.6 Å². The first-order chi connectivity index (χ1) is 17.9. The molecule has 10 nitrogen and oxygen atoms in total. The van der Waals surface area contributed by atoms with Gasteiger partial charge in [-0.25, -0.2) is 14.6 Å². The molecule has 0 radical (unpaired) electrons. The summed E-state index contributed by atoms with van der Waals surface area (Å²) in [6.45, 7) is 9.09. The molecular weight excluding hydrogens is 466 g/mol. The van der Waals surface area contributed by atoms with E-state index in [9.17, 15) is 4.79 Å². The average molecular weight is 500 g/mol. The highest BCUT2D eigenvalue weighted by molar-refractivity contribution is 6.04. The molecule has 2 N–H and O–H groups in total. The molecule has 1 aliphatic heterocycles. The Labute approximate surface area is 216 Å². The molecule has 5 rings (SSSR count). The van der Waals surface area contributed by atoms with Gasteiger partial charge in [0.25, 0.3) is 5.91 Å². The number of pyridine rings is 1. The van der Waals surface area contributed by atoms with E-state index in [1.54, 1.807) is 23.3 Å². The number of hydrogen-bond acceptors (Lipinski definition) is 8. The zero-order valence-corrected chi connectivity index (χ0v) is 21.8. The third kappa shape index (κ3) is 5.76. The molecule has 1 saturated heterocycles. The Hall–Kier alpha value is -3.89. The van der Waals surface area contributed by atoms with E-state index >= 15 is 0 Å². The van der Waals surface area contributed by atoms with Crippen molar-refractivity contribution in [1.29, 1.82) is 0 Å².